The summed E-state index contributed by atoms with van der Waals surface area (Å²) >= 11 is 6.82. The molecule has 2 N–H and O–H groups in total. The Balaban J connectivity index is 2.04. The average Bonchev–Trinajstić information content (AvgIpc) is 2.71. The topological polar surface area (TPSA) is 46.2 Å². The van der Waals surface area contributed by atoms with Gasteiger partial charge in [0.05, 0.1) is 10.7 Å². The first kappa shape index (κ1) is 14.3. The first-order valence-corrected chi connectivity index (χ1v) is 6.93. The van der Waals surface area contributed by atoms with Gasteiger partial charge in [-0.3, -0.25) is 0 Å². The average molecular weight is 273 g/mol. The van der Waals surface area contributed by atoms with Gasteiger partial charge in [-0.2, -0.15) is 0 Å². The van der Waals surface area contributed by atoms with Crippen molar-refractivity contribution in [3.05, 3.63) is 16.1 Å². The molecule has 0 amide bonds. The SMILES string of the molecule is COCCCNC(=S)NCCc1csc(C)n1. The van der Waals surface area contributed by atoms with Crippen LogP contribution in [0, 0.1) is 6.92 Å². The standard InChI is InChI=1S/C11H19N3OS2/c1-9-14-10(8-17-9)4-6-13-11(16)12-5-3-7-15-2/h8H,3-7H2,1-2H3,(H2,12,13,16). The molecular weight excluding hydrogens is 254 g/mol. The van der Waals surface area contributed by atoms with Crippen LogP contribution in [-0.2, 0) is 11.2 Å². The number of aromatic nitrogens is 1. The van der Waals surface area contributed by atoms with Crippen molar-refractivity contribution in [3.8, 4) is 0 Å². The van der Waals surface area contributed by atoms with Crippen LogP contribution in [0.5, 0.6) is 0 Å². The van der Waals surface area contributed by atoms with E-state index in [4.69, 9.17) is 17.0 Å². The zero-order chi connectivity index (χ0) is 12.5. The molecule has 0 aliphatic rings. The minimum atomic E-state index is 0.702. The van der Waals surface area contributed by atoms with E-state index in [-0.39, 0.29) is 0 Å². The lowest BCUT2D eigenvalue weighted by Crippen LogP contribution is -2.37. The van der Waals surface area contributed by atoms with E-state index in [1.165, 1.54) is 0 Å². The summed E-state index contributed by atoms with van der Waals surface area (Å²) < 4.78 is 4.95. The highest BCUT2D eigenvalue weighted by atomic mass is 32.1. The molecule has 0 bridgehead atoms. The normalized spacial score (nSPS) is 10.2. The fourth-order valence-electron chi connectivity index (χ4n) is 1.31. The molecule has 0 unspecified atom stereocenters. The van der Waals surface area contributed by atoms with E-state index in [1.54, 1.807) is 18.4 Å². The number of nitrogens with one attached hydrogen (secondary N) is 2. The predicted octanol–water partition coefficient (Wildman–Crippen LogP) is 1.49. The molecule has 96 valence electrons. The first-order chi connectivity index (χ1) is 8.22. The molecule has 1 heterocycles. The van der Waals surface area contributed by atoms with Crippen LogP contribution in [0.4, 0.5) is 0 Å². The molecule has 0 aromatic carbocycles. The quantitative estimate of drug-likeness (QED) is 0.582. The third-order valence-corrected chi connectivity index (χ3v) is 3.26. The summed E-state index contributed by atoms with van der Waals surface area (Å²) in [7, 11) is 1.70. The van der Waals surface area contributed by atoms with Crippen molar-refractivity contribution in [3.63, 3.8) is 0 Å². The highest BCUT2D eigenvalue weighted by Crippen LogP contribution is 2.07. The van der Waals surface area contributed by atoms with Crippen molar-refractivity contribution in [1.29, 1.82) is 0 Å². The molecular formula is C11H19N3OS2. The van der Waals surface area contributed by atoms with Gasteiger partial charge in [0.25, 0.3) is 0 Å². The molecule has 0 saturated carbocycles. The van der Waals surface area contributed by atoms with Gasteiger partial charge in [0.15, 0.2) is 5.11 Å². The maximum absolute atomic E-state index is 5.14. The molecule has 4 nitrogen and oxygen atoms in total. The van der Waals surface area contributed by atoms with E-state index in [1.807, 2.05) is 6.92 Å². The van der Waals surface area contributed by atoms with Gasteiger partial charge in [-0.1, -0.05) is 0 Å². The third-order valence-electron chi connectivity index (χ3n) is 2.14. The Bertz CT molecular complexity index is 341. The van der Waals surface area contributed by atoms with Crippen LogP contribution >= 0.6 is 23.6 Å². The Morgan fingerprint density at radius 2 is 2.24 bits per heavy atom. The van der Waals surface area contributed by atoms with Crippen molar-refractivity contribution in [2.75, 3.05) is 26.8 Å². The Kier molecular flexibility index (Phi) is 7.07. The van der Waals surface area contributed by atoms with E-state index in [9.17, 15) is 0 Å². The van der Waals surface area contributed by atoms with E-state index < -0.39 is 0 Å². The summed E-state index contributed by atoms with van der Waals surface area (Å²) in [6.45, 7) is 4.44. The Labute approximate surface area is 112 Å². The Morgan fingerprint density at radius 1 is 1.47 bits per heavy atom. The van der Waals surface area contributed by atoms with Crippen LogP contribution in [0.1, 0.15) is 17.1 Å². The molecule has 0 saturated heterocycles. The largest absolute Gasteiger partial charge is 0.385 e. The monoisotopic (exact) mass is 273 g/mol. The second-order valence-electron chi connectivity index (χ2n) is 3.64. The minimum Gasteiger partial charge on any atom is -0.385 e. The number of rotatable bonds is 7. The Morgan fingerprint density at radius 3 is 2.88 bits per heavy atom. The summed E-state index contributed by atoms with van der Waals surface area (Å²) in [5.74, 6) is 0. The van der Waals surface area contributed by atoms with E-state index in [0.29, 0.717) is 5.11 Å². The number of nitrogens with zero attached hydrogens (tertiary/aromatic N) is 1. The van der Waals surface area contributed by atoms with Gasteiger partial charge in [-0.25, -0.2) is 4.98 Å². The molecule has 0 spiro atoms. The molecule has 0 atom stereocenters. The van der Waals surface area contributed by atoms with Crippen LogP contribution in [0.15, 0.2) is 5.38 Å². The predicted molar refractivity (Wildman–Crippen MR) is 75.7 cm³/mol. The summed E-state index contributed by atoms with van der Waals surface area (Å²) in [4.78, 5) is 4.39. The zero-order valence-corrected chi connectivity index (χ0v) is 11.9. The van der Waals surface area contributed by atoms with Crippen LogP contribution in [-0.4, -0.2) is 36.9 Å². The Hall–Kier alpha value is -0.720. The highest BCUT2D eigenvalue weighted by Gasteiger charge is 1.99. The summed E-state index contributed by atoms with van der Waals surface area (Å²) in [6, 6.07) is 0. The van der Waals surface area contributed by atoms with Crippen molar-refractivity contribution in [2.24, 2.45) is 0 Å². The smallest absolute Gasteiger partial charge is 0.166 e. The first-order valence-electron chi connectivity index (χ1n) is 5.64. The van der Waals surface area contributed by atoms with Gasteiger partial charge in [0.2, 0.25) is 0 Å². The van der Waals surface area contributed by atoms with Gasteiger partial charge >= 0.3 is 0 Å². The molecule has 1 aromatic rings. The van der Waals surface area contributed by atoms with Gasteiger partial charge in [-0.15, -0.1) is 11.3 Å². The number of methoxy groups -OCH3 is 1. The summed E-state index contributed by atoms with van der Waals surface area (Å²) in [6.07, 6.45) is 1.87. The molecule has 1 rings (SSSR count). The summed E-state index contributed by atoms with van der Waals surface area (Å²) in [5, 5.41) is 10.2. The van der Waals surface area contributed by atoms with E-state index in [0.717, 1.165) is 43.2 Å². The number of thiazole rings is 1. The molecule has 17 heavy (non-hydrogen) atoms. The van der Waals surface area contributed by atoms with Gasteiger partial charge < -0.3 is 15.4 Å². The lowest BCUT2D eigenvalue weighted by molar-refractivity contribution is 0.195. The van der Waals surface area contributed by atoms with E-state index >= 15 is 0 Å². The number of hydrogen-bond acceptors (Lipinski definition) is 4. The van der Waals surface area contributed by atoms with Crippen LogP contribution in [0.25, 0.3) is 0 Å². The van der Waals surface area contributed by atoms with Gasteiger partial charge in [-0.05, 0) is 25.6 Å². The second kappa shape index (κ2) is 8.38. The third kappa shape index (κ3) is 6.55. The number of ether oxygens (including phenoxy) is 1. The maximum atomic E-state index is 5.14. The van der Waals surface area contributed by atoms with E-state index in [2.05, 4.69) is 21.0 Å². The lowest BCUT2D eigenvalue weighted by Gasteiger charge is -2.09. The van der Waals surface area contributed by atoms with Gasteiger partial charge in [0.1, 0.15) is 0 Å². The molecule has 0 aliphatic carbocycles. The molecule has 0 aliphatic heterocycles. The van der Waals surface area contributed by atoms with Crippen molar-refractivity contribution in [1.82, 2.24) is 15.6 Å². The van der Waals surface area contributed by atoms with Crippen LogP contribution in [0.3, 0.4) is 0 Å². The van der Waals surface area contributed by atoms with Crippen molar-refractivity contribution < 1.29 is 4.74 Å². The van der Waals surface area contributed by atoms with Crippen molar-refractivity contribution in [2.45, 2.75) is 19.8 Å². The zero-order valence-electron chi connectivity index (χ0n) is 10.3. The molecule has 1 aromatic heterocycles. The van der Waals surface area contributed by atoms with Gasteiger partial charge in [0, 0.05) is 38.6 Å². The summed E-state index contributed by atoms with van der Waals surface area (Å²) in [5.41, 5.74) is 1.13. The lowest BCUT2D eigenvalue weighted by atomic mass is 10.3. The molecule has 0 fully saturated rings. The second-order valence-corrected chi connectivity index (χ2v) is 5.11. The highest BCUT2D eigenvalue weighted by molar-refractivity contribution is 7.80. The fourth-order valence-corrected chi connectivity index (χ4v) is 2.16. The maximum Gasteiger partial charge on any atom is 0.166 e. The number of hydrogen-bond donors (Lipinski definition) is 2. The van der Waals surface area contributed by atoms with Crippen molar-refractivity contribution >= 4 is 28.7 Å². The molecule has 0 radical (unpaired) electrons. The number of thiocarbonyl (C=S) groups is 1. The minimum absolute atomic E-state index is 0.702. The molecule has 6 heteroatoms. The fraction of sp³-hybridized carbons (Fsp3) is 0.636. The van der Waals surface area contributed by atoms with Crippen LogP contribution < -0.4 is 10.6 Å². The van der Waals surface area contributed by atoms with Crippen LogP contribution in [0.2, 0.25) is 0 Å². The number of aryl methyl sites for hydroxylation is 1.